The summed E-state index contributed by atoms with van der Waals surface area (Å²) in [5.41, 5.74) is -2.38. The van der Waals surface area contributed by atoms with Crippen LogP contribution < -0.4 is 9.80 Å². The number of hydrogen-bond acceptors (Lipinski definition) is 7. The molecule has 0 saturated carbocycles. The first kappa shape index (κ1) is 42.0. The van der Waals surface area contributed by atoms with Crippen LogP contribution in [0, 0.1) is 26.6 Å². The Morgan fingerprint density at radius 2 is 1.28 bits per heavy atom. The molecule has 2 aromatic heterocycles. The van der Waals surface area contributed by atoms with Crippen LogP contribution in [0.25, 0.3) is 0 Å². The molecule has 0 bridgehead atoms. The third kappa shape index (κ3) is 8.19. The van der Waals surface area contributed by atoms with Gasteiger partial charge in [0.1, 0.15) is 11.6 Å². The number of benzene rings is 4. The lowest BCUT2D eigenvalue weighted by atomic mass is 9.71. The number of nitrogens with zero attached hydrogens (tertiary/aromatic N) is 4. The van der Waals surface area contributed by atoms with Gasteiger partial charge in [0, 0.05) is 55.3 Å². The van der Waals surface area contributed by atoms with Crippen LogP contribution in [0.15, 0.2) is 120 Å². The molecular weight excluding hydrogens is 777 g/mol. The Bertz CT molecular complexity index is 2490. The van der Waals surface area contributed by atoms with E-state index in [4.69, 9.17) is 4.52 Å². The van der Waals surface area contributed by atoms with Crippen LogP contribution in [-0.4, -0.2) is 45.3 Å². The fourth-order valence-electron chi connectivity index (χ4n) is 7.77. The number of fused-ring (bicyclic) bond motifs is 1. The normalized spacial score (nSPS) is 14.6. The topological polar surface area (TPSA) is 120 Å². The van der Waals surface area contributed by atoms with Gasteiger partial charge >= 0.3 is 6.18 Å². The van der Waals surface area contributed by atoms with Crippen molar-refractivity contribution >= 4 is 23.2 Å². The first-order valence-corrected chi connectivity index (χ1v) is 19.6. The number of alkyl halides is 3. The number of pyridine rings is 1. The molecule has 0 unspecified atom stereocenters. The number of aliphatic hydroxyl groups is 2. The number of halogens is 4. The maximum absolute atomic E-state index is 15.8. The van der Waals surface area contributed by atoms with E-state index in [1.54, 1.807) is 55.5 Å². The number of aromatic nitrogens is 2. The lowest BCUT2D eigenvalue weighted by Crippen LogP contribution is -2.66. The molecule has 13 heteroatoms. The molecule has 4 aromatic carbocycles. The van der Waals surface area contributed by atoms with Crippen molar-refractivity contribution in [2.24, 2.45) is 0 Å². The van der Waals surface area contributed by atoms with Gasteiger partial charge in [-0.2, -0.15) is 13.2 Å². The Kier molecular flexibility index (Phi) is 11.8. The largest absolute Gasteiger partial charge is 0.417 e. The van der Waals surface area contributed by atoms with Crippen molar-refractivity contribution in [3.8, 4) is 0 Å². The van der Waals surface area contributed by atoms with Gasteiger partial charge < -0.3 is 24.5 Å². The van der Waals surface area contributed by atoms with E-state index < -0.39 is 40.6 Å². The van der Waals surface area contributed by atoms with Gasteiger partial charge in [-0.1, -0.05) is 59.8 Å². The molecule has 1 aliphatic carbocycles. The third-order valence-electron chi connectivity index (χ3n) is 11.3. The van der Waals surface area contributed by atoms with E-state index in [1.807, 2.05) is 26.0 Å². The minimum absolute atomic E-state index is 0.0798. The zero-order valence-corrected chi connectivity index (χ0v) is 33.3. The van der Waals surface area contributed by atoms with Crippen LogP contribution in [0.3, 0.4) is 0 Å². The molecule has 0 spiro atoms. The van der Waals surface area contributed by atoms with Crippen LogP contribution in [0.5, 0.6) is 0 Å². The highest BCUT2D eigenvalue weighted by atomic mass is 19.4. The molecule has 0 aliphatic heterocycles. The molecule has 0 fully saturated rings. The van der Waals surface area contributed by atoms with Gasteiger partial charge in [-0.25, -0.2) is 4.39 Å². The summed E-state index contributed by atoms with van der Waals surface area (Å²) in [4.78, 5) is 38.0. The fraction of sp³-hybridized carbons (Fsp3) is 0.277. The predicted octanol–water partition coefficient (Wildman–Crippen LogP) is 8.27. The van der Waals surface area contributed by atoms with Crippen molar-refractivity contribution in [1.82, 2.24) is 10.1 Å². The molecule has 0 radical (unpaired) electrons. The van der Waals surface area contributed by atoms with Crippen molar-refractivity contribution in [3.05, 3.63) is 177 Å². The maximum Gasteiger partial charge on any atom is 0.417 e. The maximum atomic E-state index is 15.8. The Balaban J connectivity index is 1.41. The van der Waals surface area contributed by atoms with Crippen molar-refractivity contribution in [1.29, 1.82) is 0 Å². The van der Waals surface area contributed by atoms with Crippen LogP contribution in [-0.2, 0) is 52.7 Å². The van der Waals surface area contributed by atoms with Crippen molar-refractivity contribution < 1.29 is 41.9 Å². The van der Waals surface area contributed by atoms with Crippen molar-refractivity contribution in [3.63, 3.8) is 0 Å². The van der Waals surface area contributed by atoms with Crippen LogP contribution in [0.1, 0.15) is 62.5 Å². The van der Waals surface area contributed by atoms with Crippen LogP contribution >= 0.6 is 0 Å². The SMILES string of the molecule is Cc1cc(CCN(C(=O)[C@](O)(c2ccccc2)[C@](O)(C(=O)N(CCc2ccc(C(F)(F)F)cn2)c2ccc3c(c2)CCC3)c2ccc(F)cc2)c2ccc(C)c(C)c2)on1. The summed E-state index contributed by atoms with van der Waals surface area (Å²) in [6.45, 7) is 5.19. The third-order valence-corrected chi connectivity index (χ3v) is 11.3. The Hall–Kier alpha value is -6.18. The van der Waals surface area contributed by atoms with Crippen LogP contribution in [0.4, 0.5) is 28.9 Å². The summed E-state index contributed by atoms with van der Waals surface area (Å²) < 4.78 is 60.5. The summed E-state index contributed by atoms with van der Waals surface area (Å²) in [5.74, 6) is -2.48. The predicted molar refractivity (Wildman–Crippen MR) is 218 cm³/mol. The number of anilines is 2. The highest BCUT2D eigenvalue weighted by Crippen LogP contribution is 2.46. The highest BCUT2D eigenvalue weighted by Gasteiger charge is 2.64. The Labute approximate surface area is 344 Å². The number of carbonyl (C=O) groups is 2. The van der Waals surface area contributed by atoms with Gasteiger partial charge in [0.15, 0.2) is 0 Å². The molecule has 310 valence electrons. The second kappa shape index (κ2) is 16.8. The molecular formula is C47H44F4N4O5. The molecule has 0 saturated heterocycles. The zero-order chi connectivity index (χ0) is 42.8. The zero-order valence-electron chi connectivity index (χ0n) is 33.3. The first-order chi connectivity index (χ1) is 28.6. The van der Waals surface area contributed by atoms with E-state index in [0.29, 0.717) is 29.0 Å². The van der Waals surface area contributed by atoms with Gasteiger partial charge in [0.25, 0.3) is 11.8 Å². The molecule has 2 heterocycles. The van der Waals surface area contributed by atoms with E-state index in [9.17, 15) is 27.8 Å². The van der Waals surface area contributed by atoms with Gasteiger partial charge in [0.2, 0.25) is 11.2 Å². The quantitative estimate of drug-likeness (QED) is 0.113. The van der Waals surface area contributed by atoms with Gasteiger partial charge in [0.05, 0.1) is 11.3 Å². The molecule has 6 aromatic rings. The number of aryl methyl sites for hydroxylation is 5. The lowest BCUT2D eigenvalue weighted by molar-refractivity contribution is -0.188. The van der Waals surface area contributed by atoms with Gasteiger partial charge in [-0.05, 0) is 122 Å². The summed E-state index contributed by atoms with van der Waals surface area (Å²) in [7, 11) is 0. The Morgan fingerprint density at radius 3 is 1.88 bits per heavy atom. The number of hydrogen-bond donors (Lipinski definition) is 2. The standard InChI is InChI=1S/C47H44F4N4O5/c1-30-12-20-40(26-31(30)2)55(25-23-42-27-32(3)53-60-42)43(56)45(58,35-10-5-4-6-11-35)46(59,36-14-17-38(48)18-15-36)44(57)54(41-21-13-33-8-7-9-34(33)28-41)24-22-39-19-16-37(29-52-39)47(49,50)51/h4-6,10-21,26-29,58-59H,7-9,22-25H2,1-3H3/t45-,46-/m1/s1. The van der Waals surface area contributed by atoms with E-state index in [-0.39, 0.29) is 42.8 Å². The van der Waals surface area contributed by atoms with Crippen molar-refractivity contribution in [2.75, 3.05) is 22.9 Å². The molecule has 60 heavy (non-hydrogen) atoms. The summed E-state index contributed by atoms with van der Waals surface area (Å²) in [6, 6.07) is 26.4. The smallest absolute Gasteiger partial charge is 0.372 e. The number of amides is 2. The second-order valence-electron chi connectivity index (χ2n) is 15.3. The fourth-order valence-corrected chi connectivity index (χ4v) is 7.77. The minimum Gasteiger partial charge on any atom is -0.372 e. The first-order valence-electron chi connectivity index (χ1n) is 19.6. The summed E-state index contributed by atoms with van der Waals surface area (Å²) in [6.07, 6.45) is -1.43. The molecule has 9 nitrogen and oxygen atoms in total. The summed E-state index contributed by atoms with van der Waals surface area (Å²) in [5, 5.41) is 31.0. The molecule has 2 amide bonds. The highest BCUT2D eigenvalue weighted by molar-refractivity contribution is 6.10. The number of carbonyl (C=O) groups excluding carboxylic acids is 2. The van der Waals surface area contributed by atoms with Gasteiger partial charge in [-0.15, -0.1) is 0 Å². The van der Waals surface area contributed by atoms with Crippen LogP contribution in [0.2, 0.25) is 0 Å². The van der Waals surface area contributed by atoms with E-state index >= 15 is 9.59 Å². The van der Waals surface area contributed by atoms with Crippen molar-refractivity contribution in [2.45, 2.75) is 70.3 Å². The average Bonchev–Trinajstić information content (AvgIpc) is 3.90. The van der Waals surface area contributed by atoms with Gasteiger partial charge in [-0.3, -0.25) is 14.6 Å². The second-order valence-corrected chi connectivity index (χ2v) is 15.3. The molecule has 2 N–H and O–H groups in total. The minimum atomic E-state index is -4.61. The van der Waals surface area contributed by atoms with E-state index in [0.717, 1.165) is 71.8 Å². The lowest BCUT2D eigenvalue weighted by Gasteiger charge is -2.46. The number of rotatable bonds is 13. The average molecular weight is 821 g/mol. The Morgan fingerprint density at radius 1 is 0.683 bits per heavy atom. The molecule has 7 rings (SSSR count). The van der Waals surface area contributed by atoms with E-state index in [2.05, 4.69) is 10.1 Å². The van der Waals surface area contributed by atoms with E-state index in [1.165, 1.54) is 28.0 Å². The molecule has 2 atom stereocenters. The monoisotopic (exact) mass is 820 g/mol. The molecule has 1 aliphatic rings. The summed E-state index contributed by atoms with van der Waals surface area (Å²) >= 11 is 0.